The van der Waals surface area contributed by atoms with E-state index in [0.29, 0.717) is 0 Å². The number of rotatable bonds is 0. The van der Waals surface area contributed by atoms with Crippen molar-refractivity contribution >= 4 is 17.9 Å². The number of para-hydroxylation sites is 1. The van der Waals surface area contributed by atoms with Crippen molar-refractivity contribution in [3.63, 3.8) is 0 Å². The van der Waals surface area contributed by atoms with Crippen LogP contribution < -0.4 is 10.3 Å². The van der Waals surface area contributed by atoms with E-state index < -0.39 is 6.03 Å². The van der Waals surface area contributed by atoms with Gasteiger partial charge in [-0.1, -0.05) is 21.8 Å². The number of benzene rings is 1. The van der Waals surface area contributed by atoms with Gasteiger partial charge < -0.3 is 5.73 Å². The highest BCUT2D eigenvalue weighted by Crippen LogP contribution is 2.29. The Kier molecular flexibility index (Phi) is 1.47. The van der Waals surface area contributed by atoms with E-state index >= 15 is 0 Å². The molecule has 0 fully saturated rings. The maximum Gasteiger partial charge on any atom is 0.445 e. The number of quaternary nitrogens is 1. The van der Waals surface area contributed by atoms with Crippen molar-refractivity contribution in [2.75, 3.05) is 7.05 Å². The molecule has 1 atom stereocenters. The lowest BCUT2D eigenvalue weighted by molar-refractivity contribution is 0.221. The molecule has 2 N–H and O–H groups in total. The Morgan fingerprint density at radius 2 is 2.23 bits per heavy atom. The smallest absolute Gasteiger partial charge is 0.316 e. The SMILES string of the molecule is C[N+]1(C(N)=O)N=[C]c2ccccc21. The highest BCUT2D eigenvalue weighted by Gasteiger charge is 2.38. The van der Waals surface area contributed by atoms with Gasteiger partial charge in [0.15, 0.2) is 11.9 Å². The van der Waals surface area contributed by atoms with Crippen LogP contribution in [0.25, 0.3) is 0 Å². The molecule has 1 aliphatic heterocycles. The van der Waals surface area contributed by atoms with Crippen LogP contribution in [0.1, 0.15) is 5.56 Å². The Morgan fingerprint density at radius 3 is 2.92 bits per heavy atom. The number of fused-ring (bicyclic) bond motifs is 1. The fourth-order valence-electron chi connectivity index (χ4n) is 1.32. The van der Waals surface area contributed by atoms with Crippen LogP contribution in [0, 0.1) is 0 Å². The molecule has 0 aliphatic carbocycles. The van der Waals surface area contributed by atoms with Crippen molar-refractivity contribution in [2.45, 2.75) is 0 Å². The summed E-state index contributed by atoms with van der Waals surface area (Å²) >= 11 is 0. The molecule has 2 amide bonds. The summed E-state index contributed by atoms with van der Waals surface area (Å²) in [5, 5.41) is 3.95. The number of nitrogens with zero attached hydrogens (tertiary/aromatic N) is 2. The molecular formula is C9H9N3O+. The monoisotopic (exact) mass is 175 g/mol. The van der Waals surface area contributed by atoms with Crippen LogP contribution in [0.4, 0.5) is 10.5 Å². The first-order chi connectivity index (χ1) is 6.14. The molecule has 4 nitrogen and oxygen atoms in total. The fourth-order valence-corrected chi connectivity index (χ4v) is 1.32. The first-order valence-corrected chi connectivity index (χ1v) is 3.89. The molecule has 1 radical (unpaired) electrons. The van der Waals surface area contributed by atoms with E-state index in [2.05, 4.69) is 11.3 Å². The third kappa shape index (κ3) is 0.957. The number of urea groups is 1. The van der Waals surface area contributed by atoms with E-state index in [-0.39, 0.29) is 4.59 Å². The van der Waals surface area contributed by atoms with Gasteiger partial charge in [-0.05, 0) is 6.07 Å². The molecule has 1 unspecified atom stereocenters. The van der Waals surface area contributed by atoms with Crippen molar-refractivity contribution < 1.29 is 4.79 Å². The summed E-state index contributed by atoms with van der Waals surface area (Å²) in [5.41, 5.74) is 6.84. The lowest BCUT2D eigenvalue weighted by Crippen LogP contribution is -2.47. The molecule has 1 heterocycles. The third-order valence-electron chi connectivity index (χ3n) is 2.17. The van der Waals surface area contributed by atoms with E-state index in [1.807, 2.05) is 24.3 Å². The van der Waals surface area contributed by atoms with E-state index in [1.165, 1.54) is 0 Å². The molecule has 0 saturated heterocycles. The Balaban J connectivity index is 2.61. The van der Waals surface area contributed by atoms with Crippen LogP contribution in [0.3, 0.4) is 0 Å². The second-order valence-electron chi connectivity index (χ2n) is 3.03. The molecule has 2 rings (SSSR count). The zero-order valence-corrected chi connectivity index (χ0v) is 7.19. The summed E-state index contributed by atoms with van der Waals surface area (Å²) in [6.45, 7) is 0. The van der Waals surface area contributed by atoms with Crippen LogP contribution in [0.2, 0.25) is 0 Å². The maximum absolute atomic E-state index is 11.1. The van der Waals surface area contributed by atoms with Gasteiger partial charge in [-0.3, -0.25) is 0 Å². The Labute approximate surface area is 75.9 Å². The summed E-state index contributed by atoms with van der Waals surface area (Å²) in [6.07, 6.45) is 2.77. The lowest BCUT2D eigenvalue weighted by Gasteiger charge is -2.17. The number of primary amides is 1. The van der Waals surface area contributed by atoms with Crippen LogP contribution in [-0.4, -0.2) is 19.3 Å². The van der Waals surface area contributed by atoms with Gasteiger partial charge in [0.2, 0.25) is 0 Å². The quantitative estimate of drug-likeness (QED) is 0.586. The molecule has 4 heteroatoms. The summed E-state index contributed by atoms with van der Waals surface area (Å²) in [4.78, 5) is 11.1. The Hall–Kier alpha value is -1.68. The van der Waals surface area contributed by atoms with Gasteiger partial charge in [-0.25, -0.2) is 4.79 Å². The molecule has 1 aromatic rings. The van der Waals surface area contributed by atoms with Crippen molar-refractivity contribution in [1.82, 2.24) is 4.59 Å². The van der Waals surface area contributed by atoms with Crippen LogP contribution in [0.5, 0.6) is 0 Å². The topological polar surface area (TPSA) is 55.5 Å². The highest BCUT2D eigenvalue weighted by atomic mass is 16.2. The minimum absolute atomic E-state index is 0.240. The summed E-state index contributed by atoms with van der Waals surface area (Å²) < 4.78 is -0.240. The maximum atomic E-state index is 11.1. The predicted octanol–water partition coefficient (Wildman–Crippen LogP) is 0.927. The number of carbonyl (C=O) groups excluding carboxylic acids is 1. The lowest BCUT2D eigenvalue weighted by atomic mass is 10.2. The van der Waals surface area contributed by atoms with Gasteiger partial charge in [0, 0.05) is 6.07 Å². The molecule has 13 heavy (non-hydrogen) atoms. The van der Waals surface area contributed by atoms with Crippen molar-refractivity contribution in [3.8, 4) is 0 Å². The van der Waals surface area contributed by atoms with Crippen LogP contribution in [-0.2, 0) is 0 Å². The van der Waals surface area contributed by atoms with Crippen molar-refractivity contribution in [2.24, 2.45) is 10.8 Å². The average molecular weight is 175 g/mol. The van der Waals surface area contributed by atoms with Gasteiger partial charge in [-0.2, -0.15) is 0 Å². The van der Waals surface area contributed by atoms with Crippen LogP contribution >= 0.6 is 0 Å². The molecule has 0 spiro atoms. The van der Waals surface area contributed by atoms with Gasteiger partial charge in [0.1, 0.15) is 7.05 Å². The minimum Gasteiger partial charge on any atom is -0.316 e. The molecule has 1 aromatic carbocycles. The van der Waals surface area contributed by atoms with Crippen molar-refractivity contribution in [1.29, 1.82) is 0 Å². The molecule has 1 aliphatic rings. The standard InChI is InChI=1S/C9H8N3O/c1-12(9(10)13)8-5-3-2-4-7(8)6-11-12/h2-5H,1H3,(H-,10,13)/p+1. The molecule has 0 saturated carbocycles. The first kappa shape index (κ1) is 7.94. The number of hydrogen-bond donors (Lipinski definition) is 1. The van der Waals surface area contributed by atoms with E-state index in [9.17, 15) is 4.79 Å². The second kappa shape index (κ2) is 2.40. The van der Waals surface area contributed by atoms with Gasteiger partial charge >= 0.3 is 6.03 Å². The predicted molar refractivity (Wildman–Crippen MR) is 50.3 cm³/mol. The van der Waals surface area contributed by atoms with Gasteiger partial charge in [0.05, 0.1) is 5.56 Å². The van der Waals surface area contributed by atoms with Crippen molar-refractivity contribution in [3.05, 3.63) is 29.8 Å². The number of carbonyl (C=O) groups is 1. The minimum atomic E-state index is -0.502. The Morgan fingerprint density at radius 1 is 1.54 bits per heavy atom. The van der Waals surface area contributed by atoms with Crippen LogP contribution in [0.15, 0.2) is 29.4 Å². The molecule has 0 bridgehead atoms. The average Bonchev–Trinajstić information content (AvgIpc) is 2.47. The molecular weight excluding hydrogens is 166 g/mol. The third-order valence-corrected chi connectivity index (χ3v) is 2.17. The zero-order chi connectivity index (χ0) is 9.47. The van der Waals surface area contributed by atoms with E-state index in [1.54, 1.807) is 7.05 Å². The largest absolute Gasteiger partial charge is 0.445 e. The number of nitrogens with two attached hydrogens (primary N) is 1. The number of amides is 2. The summed E-state index contributed by atoms with van der Waals surface area (Å²) in [6, 6.07) is 6.89. The van der Waals surface area contributed by atoms with E-state index in [4.69, 9.17) is 5.73 Å². The van der Waals surface area contributed by atoms with Gasteiger partial charge in [-0.15, -0.1) is 0 Å². The summed E-state index contributed by atoms with van der Waals surface area (Å²) in [5.74, 6) is 0. The molecule has 65 valence electrons. The highest BCUT2D eigenvalue weighted by molar-refractivity contribution is 5.99. The zero-order valence-electron chi connectivity index (χ0n) is 7.19. The molecule has 0 aromatic heterocycles. The Bertz CT molecular complexity index is 400. The fraction of sp³-hybridized carbons (Fsp3) is 0.111. The number of hydrogen-bond acceptors (Lipinski definition) is 2. The van der Waals surface area contributed by atoms with Gasteiger partial charge in [0.25, 0.3) is 0 Å². The summed E-state index contributed by atoms with van der Waals surface area (Å²) in [7, 11) is 1.64. The second-order valence-corrected chi connectivity index (χ2v) is 3.03. The van der Waals surface area contributed by atoms with E-state index in [0.717, 1.165) is 11.3 Å². The first-order valence-electron chi connectivity index (χ1n) is 3.89. The normalized spacial score (nSPS) is 24.4.